The van der Waals surface area contributed by atoms with Crippen LogP contribution in [-0.2, 0) is 11.8 Å². The van der Waals surface area contributed by atoms with E-state index in [1.54, 1.807) is 30.8 Å². The van der Waals surface area contributed by atoms with E-state index in [0.717, 1.165) is 0 Å². The highest BCUT2D eigenvalue weighted by Gasteiger charge is 2.19. The molecule has 0 aliphatic heterocycles. The Kier molecular flexibility index (Phi) is 5.23. The molecule has 28 heavy (non-hydrogen) atoms. The van der Waals surface area contributed by atoms with Gasteiger partial charge in [-0.3, -0.25) is 14.3 Å². The Balaban J connectivity index is 1.95. The van der Waals surface area contributed by atoms with E-state index in [9.17, 15) is 19.2 Å². The quantitative estimate of drug-likeness (QED) is 0.561. The molecule has 0 spiro atoms. The fraction of sp³-hybridized carbons (Fsp3) is 0.0952. The highest BCUT2D eigenvalue weighted by atomic mass is 19.1. The van der Waals surface area contributed by atoms with Gasteiger partial charge < -0.3 is 5.32 Å². The van der Waals surface area contributed by atoms with Gasteiger partial charge in [0.05, 0.1) is 11.4 Å². The summed E-state index contributed by atoms with van der Waals surface area (Å²) < 4.78 is 16.1. The number of nitriles is 1. The van der Waals surface area contributed by atoms with Crippen LogP contribution in [0.25, 0.3) is 11.8 Å². The van der Waals surface area contributed by atoms with Crippen molar-refractivity contribution < 1.29 is 9.18 Å². The van der Waals surface area contributed by atoms with Crippen molar-refractivity contribution in [3.8, 4) is 11.8 Å². The molecule has 0 saturated heterocycles. The molecule has 1 heterocycles. The molecule has 7 heteroatoms. The third-order valence-corrected chi connectivity index (χ3v) is 4.34. The minimum absolute atomic E-state index is 0.0941. The molecule has 0 atom stereocenters. The van der Waals surface area contributed by atoms with Crippen molar-refractivity contribution in [2.75, 3.05) is 5.32 Å². The number of anilines is 1. The highest BCUT2D eigenvalue weighted by Crippen LogP contribution is 2.16. The lowest BCUT2D eigenvalue weighted by Gasteiger charge is -2.07. The summed E-state index contributed by atoms with van der Waals surface area (Å²) in [6.07, 6.45) is 1.34. The average Bonchev–Trinajstić information content (AvgIpc) is 2.91. The maximum Gasteiger partial charge on any atom is 0.295 e. The van der Waals surface area contributed by atoms with Crippen LogP contribution < -0.4 is 10.9 Å². The van der Waals surface area contributed by atoms with E-state index in [-0.39, 0.29) is 11.3 Å². The van der Waals surface area contributed by atoms with E-state index < -0.39 is 17.3 Å². The van der Waals surface area contributed by atoms with Gasteiger partial charge in [0, 0.05) is 7.05 Å². The molecule has 0 aliphatic rings. The van der Waals surface area contributed by atoms with Gasteiger partial charge in [0.15, 0.2) is 0 Å². The third kappa shape index (κ3) is 3.62. The zero-order valence-electron chi connectivity index (χ0n) is 15.3. The number of hydrogen-bond donors (Lipinski definition) is 1. The fourth-order valence-corrected chi connectivity index (χ4v) is 2.77. The number of carbonyl (C=O) groups is 1. The van der Waals surface area contributed by atoms with Crippen LogP contribution in [0.5, 0.6) is 0 Å². The number of nitrogens with zero attached hydrogens (tertiary/aromatic N) is 3. The monoisotopic (exact) mass is 376 g/mol. The number of carbonyl (C=O) groups excluding carboxylic acids is 1. The van der Waals surface area contributed by atoms with Crippen LogP contribution in [-0.4, -0.2) is 15.3 Å². The predicted octanol–water partition coefficient (Wildman–Crippen LogP) is 3.17. The van der Waals surface area contributed by atoms with Crippen molar-refractivity contribution >= 4 is 17.7 Å². The molecule has 2 aromatic carbocycles. The number of nitrogens with one attached hydrogen (secondary N) is 1. The molecule has 3 aromatic rings. The van der Waals surface area contributed by atoms with Gasteiger partial charge in [0.25, 0.3) is 11.5 Å². The Hall–Kier alpha value is -3.92. The van der Waals surface area contributed by atoms with E-state index in [2.05, 4.69) is 5.32 Å². The number of hydrogen-bond acceptors (Lipinski definition) is 3. The lowest BCUT2D eigenvalue weighted by Crippen LogP contribution is -2.23. The smallest absolute Gasteiger partial charge is 0.295 e. The van der Waals surface area contributed by atoms with Crippen LogP contribution in [0.2, 0.25) is 0 Å². The normalized spacial score (nSPS) is 11.1. The molecule has 1 amide bonds. The molecule has 1 aromatic heterocycles. The number of benzene rings is 2. The summed E-state index contributed by atoms with van der Waals surface area (Å²) in [6, 6.07) is 16.2. The van der Waals surface area contributed by atoms with E-state index in [0.29, 0.717) is 16.9 Å². The Labute approximate surface area is 160 Å². The summed E-state index contributed by atoms with van der Waals surface area (Å²) in [5.41, 5.74) is 1.19. The molecular weight excluding hydrogens is 359 g/mol. The molecule has 140 valence electrons. The minimum Gasteiger partial charge on any atom is -0.315 e. The van der Waals surface area contributed by atoms with Gasteiger partial charge in [-0.05, 0) is 42.8 Å². The molecule has 0 radical (unpaired) electrons. The summed E-state index contributed by atoms with van der Waals surface area (Å²) in [4.78, 5) is 25.4. The van der Waals surface area contributed by atoms with E-state index >= 15 is 0 Å². The second-order valence-corrected chi connectivity index (χ2v) is 6.11. The lowest BCUT2D eigenvalue weighted by molar-refractivity contribution is -0.112. The standard InChI is InChI=1S/C21H17FN4O2/c1-14-19(21(28)26(25(14)2)18-6-4-3-5-7-18)24-20(27)16(13-23)12-15-8-10-17(22)11-9-15/h3-12H,1-2H3,(H,24,27)/b16-12+. The van der Waals surface area contributed by atoms with Crippen LogP contribution >= 0.6 is 0 Å². The number of halogens is 1. The van der Waals surface area contributed by atoms with E-state index in [1.807, 2.05) is 24.3 Å². The van der Waals surface area contributed by atoms with Crippen molar-refractivity contribution in [3.63, 3.8) is 0 Å². The van der Waals surface area contributed by atoms with Gasteiger partial charge in [0.1, 0.15) is 23.1 Å². The largest absolute Gasteiger partial charge is 0.315 e. The van der Waals surface area contributed by atoms with E-state index in [1.165, 1.54) is 35.0 Å². The van der Waals surface area contributed by atoms with Crippen LogP contribution in [0.1, 0.15) is 11.3 Å². The summed E-state index contributed by atoms with van der Waals surface area (Å²) in [7, 11) is 1.71. The van der Waals surface area contributed by atoms with Crippen LogP contribution in [0.3, 0.4) is 0 Å². The Morgan fingerprint density at radius 2 is 1.79 bits per heavy atom. The number of rotatable bonds is 4. The molecule has 0 fully saturated rings. The van der Waals surface area contributed by atoms with Crippen molar-refractivity contribution in [2.24, 2.45) is 7.05 Å². The molecule has 1 N–H and O–H groups in total. The molecule has 0 saturated carbocycles. The first kappa shape index (κ1) is 18.9. The SMILES string of the molecule is Cc1c(NC(=O)/C(C#N)=C/c2ccc(F)cc2)c(=O)n(-c2ccccc2)n1C. The first-order valence-electron chi connectivity index (χ1n) is 8.45. The van der Waals surface area contributed by atoms with Crippen LogP contribution in [0.15, 0.2) is 65.0 Å². The second kappa shape index (κ2) is 7.76. The van der Waals surface area contributed by atoms with Gasteiger partial charge in [-0.1, -0.05) is 30.3 Å². The fourth-order valence-electron chi connectivity index (χ4n) is 2.77. The first-order valence-corrected chi connectivity index (χ1v) is 8.45. The lowest BCUT2D eigenvalue weighted by atomic mass is 10.1. The molecule has 0 unspecified atom stereocenters. The third-order valence-electron chi connectivity index (χ3n) is 4.34. The summed E-state index contributed by atoms with van der Waals surface area (Å²) in [5.74, 6) is -1.13. The predicted molar refractivity (Wildman–Crippen MR) is 104 cm³/mol. The number of amides is 1. The van der Waals surface area contributed by atoms with Crippen molar-refractivity contribution in [1.29, 1.82) is 5.26 Å². The molecule has 3 rings (SSSR count). The average molecular weight is 376 g/mol. The van der Waals surface area contributed by atoms with Crippen molar-refractivity contribution in [3.05, 3.63) is 87.6 Å². The number of para-hydroxylation sites is 1. The summed E-state index contributed by atoms with van der Waals surface area (Å²) >= 11 is 0. The van der Waals surface area contributed by atoms with Crippen molar-refractivity contribution in [2.45, 2.75) is 6.92 Å². The van der Waals surface area contributed by atoms with Crippen molar-refractivity contribution in [1.82, 2.24) is 9.36 Å². The van der Waals surface area contributed by atoms with E-state index in [4.69, 9.17) is 0 Å². The number of aromatic nitrogens is 2. The van der Waals surface area contributed by atoms with Crippen LogP contribution in [0.4, 0.5) is 10.1 Å². The van der Waals surface area contributed by atoms with Crippen LogP contribution in [0, 0.1) is 24.1 Å². The van der Waals surface area contributed by atoms with Gasteiger partial charge in [-0.2, -0.15) is 5.26 Å². The molecule has 0 aliphatic carbocycles. The molecule has 0 bridgehead atoms. The highest BCUT2D eigenvalue weighted by molar-refractivity contribution is 6.09. The minimum atomic E-state index is -0.710. The van der Waals surface area contributed by atoms with Gasteiger partial charge in [-0.25, -0.2) is 9.07 Å². The summed E-state index contributed by atoms with van der Waals surface area (Å²) in [5, 5.41) is 11.9. The Morgan fingerprint density at radius 1 is 1.14 bits per heavy atom. The second-order valence-electron chi connectivity index (χ2n) is 6.11. The Bertz CT molecular complexity index is 1150. The molecular formula is C21H17FN4O2. The zero-order chi connectivity index (χ0) is 20.3. The summed E-state index contributed by atoms with van der Waals surface area (Å²) in [6.45, 7) is 1.70. The maximum absolute atomic E-state index is 13.0. The van der Waals surface area contributed by atoms with Gasteiger partial charge in [-0.15, -0.1) is 0 Å². The maximum atomic E-state index is 13.0. The zero-order valence-corrected chi connectivity index (χ0v) is 15.3. The molecule has 6 nitrogen and oxygen atoms in total. The van der Waals surface area contributed by atoms with Gasteiger partial charge in [0.2, 0.25) is 0 Å². The first-order chi connectivity index (χ1) is 13.4. The Morgan fingerprint density at radius 3 is 2.39 bits per heavy atom. The van der Waals surface area contributed by atoms with Gasteiger partial charge >= 0.3 is 0 Å². The topological polar surface area (TPSA) is 79.8 Å².